The van der Waals surface area contributed by atoms with Crippen molar-refractivity contribution in [3.63, 3.8) is 0 Å². The van der Waals surface area contributed by atoms with E-state index in [1.165, 1.54) is 17.6 Å². The van der Waals surface area contributed by atoms with Crippen LogP contribution in [0.5, 0.6) is 0 Å². The third kappa shape index (κ3) is 2.01. The molecule has 80 valence electrons. The molecule has 2 atom stereocenters. The van der Waals surface area contributed by atoms with Crippen LogP contribution in [0.1, 0.15) is 17.7 Å². The number of rotatable bonds is 2. The normalized spacial score (nSPS) is 20.8. The highest BCUT2D eigenvalue weighted by atomic mass is 33.1. The molecule has 1 heterocycles. The Labute approximate surface area is 97.2 Å². The molecule has 1 aliphatic heterocycles. The Morgan fingerprint density at radius 2 is 2.20 bits per heavy atom. The fourth-order valence-corrected chi connectivity index (χ4v) is 4.79. The molecule has 0 radical (unpaired) electrons. The van der Waals surface area contributed by atoms with Crippen LogP contribution < -0.4 is 0 Å². The van der Waals surface area contributed by atoms with Crippen LogP contribution in [0.3, 0.4) is 0 Å². The maximum absolute atomic E-state index is 11.5. The fraction of sp³-hybridized carbons (Fsp3) is 0.364. The van der Waals surface area contributed by atoms with Crippen molar-refractivity contribution in [1.82, 2.24) is 0 Å². The largest absolute Gasteiger partial charge is 0.469 e. The predicted molar refractivity (Wildman–Crippen MR) is 63.8 cm³/mol. The summed E-state index contributed by atoms with van der Waals surface area (Å²) in [6.07, 6.45) is 0. The van der Waals surface area contributed by atoms with Crippen molar-refractivity contribution < 1.29 is 9.53 Å². The number of methoxy groups -OCH3 is 1. The molecule has 15 heavy (non-hydrogen) atoms. The smallest absolute Gasteiger partial charge is 0.309 e. The van der Waals surface area contributed by atoms with Crippen LogP contribution in [-0.4, -0.2) is 13.1 Å². The SMILES string of the molecule is COC(=O)C(C)C1SSc2ccccc21. The molecule has 1 aliphatic rings. The first-order chi connectivity index (χ1) is 7.24. The van der Waals surface area contributed by atoms with Crippen LogP contribution >= 0.6 is 21.6 Å². The third-order valence-electron chi connectivity index (χ3n) is 2.49. The van der Waals surface area contributed by atoms with Gasteiger partial charge in [0.25, 0.3) is 0 Å². The molecule has 1 aromatic rings. The second-order valence-electron chi connectivity index (χ2n) is 3.45. The van der Waals surface area contributed by atoms with Gasteiger partial charge in [0.2, 0.25) is 0 Å². The molecule has 0 N–H and O–H groups in total. The van der Waals surface area contributed by atoms with Crippen LogP contribution in [0.25, 0.3) is 0 Å². The molecule has 0 fully saturated rings. The van der Waals surface area contributed by atoms with Crippen LogP contribution in [0, 0.1) is 5.92 Å². The number of hydrogen-bond donors (Lipinski definition) is 0. The average Bonchev–Trinajstić information content (AvgIpc) is 2.70. The molecule has 2 rings (SSSR count). The van der Waals surface area contributed by atoms with E-state index in [4.69, 9.17) is 4.74 Å². The van der Waals surface area contributed by atoms with E-state index >= 15 is 0 Å². The Kier molecular flexibility index (Phi) is 3.26. The Morgan fingerprint density at radius 3 is 2.93 bits per heavy atom. The fourth-order valence-electron chi connectivity index (χ4n) is 1.61. The van der Waals surface area contributed by atoms with Crippen LogP contribution in [0.2, 0.25) is 0 Å². The topological polar surface area (TPSA) is 26.3 Å². The van der Waals surface area contributed by atoms with Crippen molar-refractivity contribution >= 4 is 27.6 Å². The summed E-state index contributed by atoms with van der Waals surface area (Å²) in [7, 11) is 4.92. The lowest BCUT2D eigenvalue weighted by molar-refractivity contribution is -0.144. The number of hydrogen-bond acceptors (Lipinski definition) is 4. The monoisotopic (exact) mass is 240 g/mol. The van der Waals surface area contributed by atoms with E-state index in [0.29, 0.717) is 0 Å². The standard InChI is InChI=1S/C11H12O2S2/c1-7(11(12)13-2)10-8-5-3-4-6-9(8)14-15-10/h3-7,10H,1-2H3. The predicted octanol–water partition coefficient (Wildman–Crippen LogP) is 3.29. The zero-order valence-electron chi connectivity index (χ0n) is 8.60. The van der Waals surface area contributed by atoms with E-state index in [1.807, 2.05) is 19.1 Å². The number of benzene rings is 1. The van der Waals surface area contributed by atoms with E-state index in [-0.39, 0.29) is 17.1 Å². The maximum atomic E-state index is 11.5. The second-order valence-corrected chi connectivity index (χ2v) is 5.83. The van der Waals surface area contributed by atoms with Gasteiger partial charge < -0.3 is 4.74 Å². The molecule has 1 aromatic carbocycles. The summed E-state index contributed by atoms with van der Waals surface area (Å²) in [5.41, 5.74) is 1.26. The first kappa shape index (κ1) is 10.9. The molecule has 0 amide bonds. The lowest BCUT2D eigenvalue weighted by atomic mass is 10.0. The van der Waals surface area contributed by atoms with E-state index in [2.05, 4.69) is 12.1 Å². The summed E-state index contributed by atoms with van der Waals surface area (Å²) in [4.78, 5) is 12.7. The average molecular weight is 240 g/mol. The van der Waals surface area contributed by atoms with Gasteiger partial charge in [-0.25, -0.2) is 0 Å². The molecule has 0 bridgehead atoms. The summed E-state index contributed by atoms with van der Waals surface area (Å²) < 4.78 is 4.78. The van der Waals surface area contributed by atoms with Crippen LogP contribution in [-0.2, 0) is 9.53 Å². The van der Waals surface area contributed by atoms with Gasteiger partial charge in [-0.1, -0.05) is 46.7 Å². The molecule has 0 aliphatic carbocycles. The van der Waals surface area contributed by atoms with Gasteiger partial charge in [0, 0.05) is 4.90 Å². The summed E-state index contributed by atoms with van der Waals surface area (Å²) in [5, 5.41) is 0.221. The summed E-state index contributed by atoms with van der Waals surface area (Å²) >= 11 is 0. The lowest BCUT2D eigenvalue weighted by Crippen LogP contribution is -2.17. The number of carbonyl (C=O) groups excluding carboxylic acids is 1. The van der Waals surface area contributed by atoms with Gasteiger partial charge in [0.05, 0.1) is 18.3 Å². The number of carbonyl (C=O) groups is 1. The zero-order valence-corrected chi connectivity index (χ0v) is 10.2. The highest BCUT2D eigenvalue weighted by molar-refractivity contribution is 8.77. The molecule has 0 spiro atoms. The lowest BCUT2D eigenvalue weighted by Gasteiger charge is -2.15. The quantitative estimate of drug-likeness (QED) is 0.585. The van der Waals surface area contributed by atoms with Gasteiger partial charge >= 0.3 is 5.97 Å². The third-order valence-corrected chi connectivity index (χ3v) is 5.46. The Balaban J connectivity index is 2.24. The number of ether oxygens (including phenoxy) is 1. The minimum atomic E-state index is -0.134. The number of esters is 1. The van der Waals surface area contributed by atoms with Gasteiger partial charge in [-0.2, -0.15) is 0 Å². The molecule has 4 heteroatoms. The van der Waals surface area contributed by atoms with Gasteiger partial charge in [0.1, 0.15) is 0 Å². The van der Waals surface area contributed by atoms with Crippen molar-refractivity contribution in [3.05, 3.63) is 29.8 Å². The Hall–Kier alpha value is -0.610. The van der Waals surface area contributed by atoms with E-state index in [0.717, 1.165) is 0 Å². The van der Waals surface area contributed by atoms with Gasteiger partial charge in [-0.15, -0.1) is 0 Å². The molecule has 0 saturated carbocycles. The van der Waals surface area contributed by atoms with E-state index < -0.39 is 0 Å². The van der Waals surface area contributed by atoms with Crippen molar-refractivity contribution in [1.29, 1.82) is 0 Å². The van der Waals surface area contributed by atoms with Crippen molar-refractivity contribution in [2.24, 2.45) is 5.92 Å². The van der Waals surface area contributed by atoms with Crippen LogP contribution in [0.4, 0.5) is 0 Å². The molecule has 2 unspecified atom stereocenters. The second kappa shape index (κ2) is 4.49. The molecule has 0 saturated heterocycles. The number of fused-ring (bicyclic) bond motifs is 1. The van der Waals surface area contributed by atoms with Gasteiger partial charge in [-0.3, -0.25) is 4.79 Å². The van der Waals surface area contributed by atoms with Gasteiger partial charge in [-0.05, 0) is 11.6 Å². The molecule has 2 nitrogen and oxygen atoms in total. The summed E-state index contributed by atoms with van der Waals surface area (Å²) in [6, 6.07) is 8.23. The van der Waals surface area contributed by atoms with Crippen molar-refractivity contribution in [3.8, 4) is 0 Å². The molecule has 0 aromatic heterocycles. The molecular weight excluding hydrogens is 228 g/mol. The Bertz CT molecular complexity index is 379. The highest BCUT2D eigenvalue weighted by Gasteiger charge is 2.33. The minimum Gasteiger partial charge on any atom is -0.469 e. The first-order valence-electron chi connectivity index (χ1n) is 4.74. The summed E-state index contributed by atoms with van der Waals surface area (Å²) in [5.74, 6) is -0.221. The Morgan fingerprint density at radius 1 is 1.47 bits per heavy atom. The minimum absolute atomic E-state index is 0.0869. The first-order valence-corrected chi connectivity index (χ1v) is 6.95. The van der Waals surface area contributed by atoms with Gasteiger partial charge in [0.15, 0.2) is 0 Å². The van der Waals surface area contributed by atoms with Crippen molar-refractivity contribution in [2.75, 3.05) is 7.11 Å². The van der Waals surface area contributed by atoms with E-state index in [1.54, 1.807) is 21.6 Å². The highest BCUT2D eigenvalue weighted by Crippen LogP contribution is 2.55. The maximum Gasteiger partial charge on any atom is 0.309 e. The zero-order chi connectivity index (χ0) is 10.8. The molecular formula is C11H12O2S2. The van der Waals surface area contributed by atoms with E-state index in [9.17, 15) is 4.79 Å². The van der Waals surface area contributed by atoms with Crippen LogP contribution in [0.15, 0.2) is 29.2 Å². The van der Waals surface area contributed by atoms with Crippen molar-refractivity contribution in [2.45, 2.75) is 17.1 Å². The summed E-state index contributed by atoms with van der Waals surface area (Å²) in [6.45, 7) is 1.92.